The molecule has 0 radical (unpaired) electrons. The van der Waals surface area contributed by atoms with Gasteiger partial charge in [-0.05, 0) is 67.7 Å². The Hall–Kier alpha value is -3.41. The molecular formula is C36H50F2N4O5. The highest BCUT2D eigenvalue weighted by Crippen LogP contribution is 2.34. The van der Waals surface area contributed by atoms with Crippen LogP contribution in [0.5, 0.6) is 0 Å². The molecule has 0 aromatic heterocycles. The van der Waals surface area contributed by atoms with E-state index < -0.39 is 47.3 Å². The molecule has 258 valence electrons. The molecule has 2 aromatic rings. The van der Waals surface area contributed by atoms with Crippen LogP contribution in [0.15, 0.2) is 48.5 Å². The van der Waals surface area contributed by atoms with E-state index >= 15 is 0 Å². The molecule has 2 aliphatic rings. The van der Waals surface area contributed by atoms with Gasteiger partial charge in [-0.1, -0.05) is 57.5 Å². The lowest BCUT2D eigenvalue weighted by molar-refractivity contribution is -0.144. The summed E-state index contributed by atoms with van der Waals surface area (Å²) in [4.78, 5) is 42.4. The molecular weight excluding hydrogens is 606 g/mol. The molecule has 0 bridgehead atoms. The Balaban J connectivity index is 1.63. The van der Waals surface area contributed by atoms with Gasteiger partial charge in [-0.3, -0.25) is 14.4 Å². The van der Waals surface area contributed by atoms with Crippen LogP contribution in [0.2, 0.25) is 0 Å². The number of aryl methyl sites for hydroxylation is 1. The second-order valence-corrected chi connectivity index (χ2v) is 13.1. The zero-order valence-electron chi connectivity index (χ0n) is 27.9. The van der Waals surface area contributed by atoms with Gasteiger partial charge in [0.05, 0.1) is 18.2 Å². The van der Waals surface area contributed by atoms with Crippen molar-refractivity contribution in [3.05, 3.63) is 71.3 Å². The summed E-state index contributed by atoms with van der Waals surface area (Å²) in [5, 5.41) is 20.8. The first-order chi connectivity index (χ1) is 22.5. The molecule has 2 aliphatic heterocycles. The van der Waals surface area contributed by atoms with Crippen molar-refractivity contribution in [1.82, 2.24) is 20.9 Å². The molecule has 4 rings (SSSR count). The Kier molecular flexibility index (Phi) is 12.9. The third-order valence-corrected chi connectivity index (χ3v) is 9.68. The number of carbonyl (C=O) groups is 3. The lowest BCUT2D eigenvalue weighted by Gasteiger charge is -2.36. The summed E-state index contributed by atoms with van der Waals surface area (Å²) in [5.41, 5.74) is 0.140. The third-order valence-electron chi connectivity index (χ3n) is 9.68. The lowest BCUT2D eigenvalue weighted by atomic mass is 9.81. The predicted octanol–water partition coefficient (Wildman–Crippen LogP) is 3.66. The fourth-order valence-electron chi connectivity index (χ4n) is 7.00. The van der Waals surface area contributed by atoms with Gasteiger partial charge in [-0.25, -0.2) is 8.78 Å². The number of ether oxygens (including phenoxy) is 1. The van der Waals surface area contributed by atoms with Crippen LogP contribution in [0, 0.1) is 17.6 Å². The number of carbonyl (C=O) groups excluding carboxylic acids is 3. The maximum absolute atomic E-state index is 14.3. The zero-order valence-corrected chi connectivity index (χ0v) is 27.9. The molecule has 0 spiro atoms. The molecule has 0 aliphatic carbocycles. The second-order valence-electron chi connectivity index (χ2n) is 13.1. The van der Waals surface area contributed by atoms with Crippen molar-refractivity contribution < 1.29 is 33.0 Å². The zero-order chi connectivity index (χ0) is 34.1. The van der Waals surface area contributed by atoms with Gasteiger partial charge < -0.3 is 30.7 Å². The monoisotopic (exact) mass is 656 g/mol. The number of aliphatic hydroxyl groups excluding tert-OH is 1. The lowest BCUT2D eigenvalue weighted by Crippen LogP contribution is -2.61. The third kappa shape index (κ3) is 9.15. The molecule has 2 saturated heterocycles. The number of likely N-dealkylation sites (tertiary alicyclic amines) is 1. The van der Waals surface area contributed by atoms with Crippen LogP contribution >= 0.6 is 0 Å². The number of hydrogen-bond acceptors (Lipinski definition) is 6. The van der Waals surface area contributed by atoms with Gasteiger partial charge in [-0.2, -0.15) is 0 Å². The highest BCUT2D eigenvalue weighted by molar-refractivity contribution is 5.96. The number of aliphatic hydroxyl groups is 1. The number of amides is 3. The van der Waals surface area contributed by atoms with Crippen LogP contribution in [0.3, 0.4) is 0 Å². The van der Waals surface area contributed by atoms with Crippen LogP contribution in [0.25, 0.3) is 0 Å². The molecule has 4 N–H and O–H groups in total. The molecule has 9 nitrogen and oxygen atoms in total. The molecule has 2 fully saturated rings. The van der Waals surface area contributed by atoms with Gasteiger partial charge in [-0.15, -0.1) is 0 Å². The van der Waals surface area contributed by atoms with Crippen molar-refractivity contribution in [2.24, 2.45) is 5.92 Å². The van der Waals surface area contributed by atoms with Crippen LogP contribution in [-0.4, -0.2) is 83.3 Å². The fraction of sp³-hybridized carbons (Fsp3) is 0.583. The number of nitrogens with one attached hydrogen (secondary N) is 3. The van der Waals surface area contributed by atoms with E-state index in [2.05, 4.69) is 16.0 Å². The quantitative estimate of drug-likeness (QED) is 0.219. The Morgan fingerprint density at radius 3 is 2.47 bits per heavy atom. The average Bonchev–Trinajstić information content (AvgIpc) is 3.64. The number of nitrogens with zero attached hydrogens (tertiary/aromatic N) is 1. The largest absolute Gasteiger partial charge is 0.389 e. The molecule has 0 unspecified atom stereocenters. The first-order valence-corrected chi connectivity index (χ1v) is 16.9. The van der Waals surface area contributed by atoms with Crippen LogP contribution in [-0.2, 0) is 32.0 Å². The van der Waals surface area contributed by atoms with E-state index in [1.807, 2.05) is 51.1 Å². The molecule has 2 heterocycles. The van der Waals surface area contributed by atoms with E-state index in [0.29, 0.717) is 45.3 Å². The normalized spacial score (nSPS) is 23.7. The van der Waals surface area contributed by atoms with Crippen molar-refractivity contribution in [1.29, 1.82) is 0 Å². The highest BCUT2D eigenvalue weighted by atomic mass is 19.1. The summed E-state index contributed by atoms with van der Waals surface area (Å²) in [6.07, 6.45) is 1.89. The maximum atomic E-state index is 14.3. The van der Waals surface area contributed by atoms with Gasteiger partial charge in [0.1, 0.15) is 23.2 Å². The van der Waals surface area contributed by atoms with Crippen molar-refractivity contribution in [2.75, 3.05) is 19.7 Å². The summed E-state index contributed by atoms with van der Waals surface area (Å²) < 4.78 is 34.3. The predicted molar refractivity (Wildman–Crippen MR) is 175 cm³/mol. The van der Waals surface area contributed by atoms with Crippen LogP contribution in [0.4, 0.5) is 8.78 Å². The summed E-state index contributed by atoms with van der Waals surface area (Å²) in [7, 11) is 0. The van der Waals surface area contributed by atoms with E-state index in [4.69, 9.17) is 4.74 Å². The minimum Gasteiger partial charge on any atom is -0.389 e. The number of hydrogen-bond donors (Lipinski definition) is 4. The first-order valence-electron chi connectivity index (χ1n) is 16.9. The van der Waals surface area contributed by atoms with Gasteiger partial charge in [0.25, 0.3) is 0 Å². The Morgan fingerprint density at radius 2 is 1.83 bits per heavy atom. The minimum absolute atomic E-state index is 0.0394. The van der Waals surface area contributed by atoms with Gasteiger partial charge >= 0.3 is 0 Å². The Bertz CT molecular complexity index is 1340. The summed E-state index contributed by atoms with van der Waals surface area (Å²) in [6.45, 7) is 8.66. The summed E-state index contributed by atoms with van der Waals surface area (Å²) in [6, 6.07) is 10.5. The smallest absolute Gasteiger partial charge is 0.249 e. The average molecular weight is 657 g/mol. The van der Waals surface area contributed by atoms with E-state index in [9.17, 15) is 28.3 Å². The van der Waals surface area contributed by atoms with Gasteiger partial charge in [0.15, 0.2) is 0 Å². The number of halogens is 2. The SMILES string of the molecule is CCCO[C@H]1CN[C@@H]([C@@H](O)[C@H](Cc2cc(F)cc(F)c2)NC(=O)[C@H](CCc2ccccc2)N2CC[C@](NC(C)=O)([C@@H](C)CC)C2=O)C1. The number of benzene rings is 2. The fourth-order valence-corrected chi connectivity index (χ4v) is 7.00. The summed E-state index contributed by atoms with van der Waals surface area (Å²) in [5.74, 6) is -2.79. The maximum Gasteiger partial charge on any atom is 0.249 e. The molecule has 2 aromatic carbocycles. The highest BCUT2D eigenvalue weighted by Gasteiger charge is 2.53. The molecule has 3 amide bonds. The first kappa shape index (κ1) is 36.4. The summed E-state index contributed by atoms with van der Waals surface area (Å²) >= 11 is 0. The second kappa shape index (κ2) is 16.6. The number of rotatable bonds is 16. The van der Waals surface area contributed by atoms with E-state index in [1.54, 1.807) is 4.90 Å². The van der Waals surface area contributed by atoms with Crippen molar-refractivity contribution in [3.8, 4) is 0 Å². The molecule has 7 atom stereocenters. The van der Waals surface area contributed by atoms with Crippen LogP contribution < -0.4 is 16.0 Å². The van der Waals surface area contributed by atoms with Gasteiger partial charge in [0.2, 0.25) is 17.7 Å². The van der Waals surface area contributed by atoms with Crippen molar-refractivity contribution in [2.45, 2.75) is 109 Å². The van der Waals surface area contributed by atoms with E-state index in [-0.39, 0.29) is 42.4 Å². The van der Waals surface area contributed by atoms with Crippen molar-refractivity contribution >= 4 is 17.7 Å². The Morgan fingerprint density at radius 1 is 1.13 bits per heavy atom. The van der Waals surface area contributed by atoms with Gasteiger partial charge in [0, 0.05) is 38.7 Å². The van der Waals surface area contributed by atoms with Crippen molar-refractivity contribution in [3.63, 3.8) is 0 Å². The topological polar surface area (TPSA) is 120 Å². The van der Waals surface area contributed by atoms with E-state index in [0.717, 1.165) is 18.1 Å². The Labute approximate surface area is 276 Å². The molecule has 0 saturated carbocycles. The van der Waals surface area contributed by atoms with E-state index in [1.165, 1.54) is 19.1 Å². The standard InChI is InChI=1S/C36H50F2N4O5/c1-5-16-47-29-21-30(39-22-29)33(44)31(19-26-17-27(37)20-28(38)18-26)40-34(45)32(13-12-25-10-8-7-9-11-25)42-15-14-36(35(42)46,23(3)6-2)41-24(4)43/h7-11,17-18,20,23,29-33,39,44H,5-6,12-16,19,21-22H2,1-4H3,(H,40,45)(H,41,43)/t23-,29+,30+,31-,32-,33+,36-/m0/s1. The minimum atomic E-state index is -1.13. The van der Waals surface area contributed by atoms with Crippen LogP contribution in [0.1, 0.15) is 70.9 Å². The molecule has 47 heavy (non-hydrogen) atoms. The molecule has 11 heteroatoms.